The first-order valence-electron chi connectivity index (χ1n) is 9.32. The van der Waals surface area contributed by atoms with Gasteiger partial charge in [-0.2, -0.15) is 0 Å². The van der Waals surface area contributed by atoms with E-state index in [2.05, 4.69) is 33.0 Å². The van der Waals surface area contributed by atoms with Crippen molar-refractivity contribution in [1.29, 1.82) is 0 Å². The molecule has 1 heterocycles. The van der Waals surface area contributed by atoms with Crippen LogP contribution in [0.25, 0.3) is 0 Å². The monoisotopic (exact) mass is 295 g/mol. The topological polar surface area (TPSA) is 21.3 Å². The zero-order chi connectivity index (χ0) is 15.3. The van der Waals surface area contributed by atoms with Crippen molar-refractivity contribution in [2.45, 2.75) is 97.1 Å². The van der Waals surface area contributed by atoms with Crippen LogP contribution in [0.15, 0.2) is 0 Å². The number of hydrogen-bond acceptors (Lipinski definition) is 2. The maximum Gasteiger partial charge on any atom is 0.0685 e. The number of ether oxygens (including phenoxy) is 1. The molecule has 0 amide bonds. The van der Waals surface area contributed by atoms with Crippen LogP contribution in [-0.4, -0.2) is 24.8 Å². The molecule has 2 heteroatoms. The second-order valence-electron chi connectivity index (χ2n) is 8.50. The Hall–Kier alpha value is -0.0800. The molecule has 1 aliphatic carbocycles. The van der Waals surface area contributed by atoms with Gasteiger partial charge in [0.1, 0.15) is 0 Å². The van der Waals surface area contributed by atoms with Gasteiger partial charge in [-0.05, 0) is 56.4 Å². The van der Waals surface area contributed by atoms with E-state index in [1.54, 1.807) is 0 Å². The summed E-state index contributed by atoms with van der Waals surface area (Å²) in [4.78, 5) is 0. The van der Waals surface area contributed by atoms with Crippen molar-refractivity contribution in [2.24, 2.45) is 11.3 Å². The van der Waals surface area contributed by atoms with Gasteiger partial charge in [-0.15, -0.1) is 0 Å². The molecule has 0 radical (unpaired) electrons. The fraction of sp³-hybridized carbons (Fsp3) is 1.00. The highest BCUT2D eigenvalue weighted by molar-refractivity contribution is 4.90. The SMILES string of the molecule is CCNC(CCC1CCOC2(CCCCC2)C1)C(C)(C)C. The molecule has 1 aliphatic heterocycles. The van der Waals surface area contributed by atoms with Gasteiger partial charge in [-0.25, -0.2) is 0 Å². The third kappa shape index (κ3) is 4.96. The highest BCUT2D eigenvalue weighted by Crippen LogP contribution is 2.42. The largest absolute Gasteiger partial charge is 0.375 e. The lowest BCUT2D eigenvalue weighted by molar-refractivity contribution is -0.118. The molecular weight excluding hydrogens is 258 g/mol. The fourth-order valence-corrected chi connectivity index (χ4v) is 4.41. The van der Waals surface area contributed by atoms with E-state index < -0.39 is 0 Å². The Balaban J connectivity index is 1.84. The first-order valence-corrected chi connectivity index (χ1v) is 9.32. The third-order valence-corrected chi connectivity index (χ3v) is 5.72. The summed E-state index contributed by atoms with van der Waals surface area (Å²) in [6.45, 7) is 11.4. The molecular formula is C19H37NO. The Labute approximate surface area is 132 Å². The zero-order valence-electron chi connectivity index (χ0n) is 14.8. The summed E-state index contributed by atoms with van der Waals surface area (Å²) in [5.41, 5.74) is 0.639. The van der Waals surface area contributed by atoms with Gasteiger partial charge in [-0.1, -0.05) is 47.0 Å². The predicted molar refractivity (Wildman–Crippen MR) is 90.6 cm³/mol. The highest BCUT2D eigenvalue weighted by atomic mass is 16.5. The van der Waals surface area contributed by atoms with Crippen molar-refractivity contribution < 1.29 is 4.74 Å². The third-order valence-electron chi connectivity index (χ3n) is 5.72. The molecule has 1 spiro atoms. The molecule has 2 atom stereocenters. The summed E-state index contributed by atoms with van der Waals surface area (Å²) in [5.74, 6) is 0.889. The molecule has 2 aliphatic rings. The zero-order valence-corrected chi connectivity index (χ0v) is 14.8. The average Bonchev–Trinajstić information content (AvgIpc) is 2.43. The van der Waals surface area contributed by atoms with Crippen molar-refractivity contribution in [2.75, 3.05) is 13.2 Å². The summed E-state index contributed by atoms with van der Waals surface area (Å²) >= 11 is 0. The van der Waals surface area contributed by atoms with E-state index in [4.69, 9.17) is 4.74 Å². The predicted octanol–water partition coefficient (Wildman–Crippen LogP) is 4.92. The maximum absolute atomic E-state index is 6.24. The molecule has 1 saturated carbocycles. The van der Waals surface area contributed by atoms with Crippen LogP contribution >= 0.6 is 0 Å². The summed E-state index contributed by atoms with van der Waals surface area (Å²) in [6, 6.07) is 0.646. The van der Waals surface area contributed by atoms with Gasteiger partial charge in [-0.3, -0.25) is 0 Å². The van der Waals surface area contributed by atoms with Gasteiger partial charge < -0.3 is 10.1 Å². The van der Waals surface area contributed by atoms with E-state index in [-0.39, 0.29) is 5.60 Å². The van der Waals surface area contributed by atoms with Gasteiger partial charge in [0, 0.05) is 12.6 Å². The van der Waals surface area contributed by atoms with Crippen molar-refractivity contribution in [3.05, 3.63) is 0 Å². The van der Waals surface area contributed by atoms with Crippen LogP contribution in [-0.2, 0) is 4.74 Å². The fourth-order valence-electron chi connectivity index (χ4n) is 4.41. The van der Waals surface area contributed by atoms with E-state index in [1.807, 2.05) is 0 Å². The minimum atomic E-state index is 0.274. The second kappa shape index (κ2) is 7.46. The van der Waals surface area contributed by atoms with Crippen LogP contribution in [0.4, 0.5) is 0 Å². The maximum atomic E-state index is 6.24. The standard InChI is InChI=1S/C19H37NO/c1-5-20-17(18(2,3)4)10-9-16-11-14-21-19(15-16)12-7-6-8-13-19/h16-17,20H,5-15H2,1-4H3. The second-order valence-corrected chi connectivity index (χ2v) is 8.50. The molecule has 2 unspecified atom stereocenters. The molecule has 0 aromatic rings. The van der Waals surface area contributed by atoms with Gasteiger partial charge in [0.15, 0.2) is 0 Å². The number of hydrogen-bond donors (Lipinski definition) is 1. The lowest BCUT2D eigenvalue weighted by Crippen LogP contribution is -2.43. The van der Waals surface area contributed by atoms with Crippen LogP contribution in [0.3, 0.4) is 0 Å². The molecule has 124 valence electrons. The highest BCUT2D eigenvalue weighted by Gasteiger charge is 2.38. The quantitative estimate of drug-likeness (QED) is 0.777. The number of rotatable bonds is 5. The molecule has 2 fully saturated rings. The Morgan fingerprint density at radius 1 is 1.19 bits per heavy atom. The first kappa shape index (κ1) is 17.3. The Morgan fingerprint density at radius 2 is 1.90 bits per heavy atom. The van der Waals surface area contributed by atoms with Crippen molar-refractivity contribution in [1.82, 2.24) is 5.32 Å². The molecule has 1 saturated heterocycles. The van der Waals surface area contributed by atoms with Gasteiger partial charge in [0.2, 0.25) is 0 Å². The lowest BCUT2D eigenvalue weighted by Gasteiger charge is -2.44. The van der Waals surface area contributed by atoms with Crippen molar-refractivity contribution in [3.63, 3.8) is 0 Å². The lowest BCUT2D eigenvalue weighted by atomic mass is 9.74. The smallest absolute Gasteiger partial charge is 0.0685 e. The Morgan fingerprint density at radius 3 is 2.52 bits per heavy atom. The van der Waals surface area contributed by atoms with E-state index in [9.17, 15) is 0 Å². The first-order chi connectivity index (χ1) is 9.95. The summed E-state index contributed by atoms with van der Waals surface area (Å²) in [5, 5.41) is 3.70. The van der Waals surface area contributed by atoms with Crippen LogP contribution in [0, 0.1) is 11.3 Å². The van der Waals surface area contributed by atoms with Crippen molar-refractivity contribution in [3.8, 4) is 0 Å². The normalized spacial score (nSPS) is 27.7. The molecule has 2 nitrogen and oxygen atoms in total. The Bertz CT molecular complexity index is 296. The van der Waals surface area contributed by atoms with Crippen LogP contribution in [0.2, 0.25) is 0 Å². The molecule has 21 heavy (non-hydrogen) atoms. The molecule has 0 bridgehead atoms. The van der Waals surface area contributed by atoms with Gasteiger partial charge in [0.25, 0.3) is 0 Å². The molecule has 0 aromatic carbocycles. The van der Waals surface area contributed by atoms with E-state index in [0.717, 1.165) is 19.1 Å². The number of nitrogens with one attached hydrogen (secondary N) is 1. The minimum absolute atomic E-state index is 0.274. The average molecular weight is 296 g/mol. The summed E-state index contributed by atoms with van der Waals surface area (Å²) in [6.07, 6.45) is 12.1. The molecule has 2 rings (SSSR count). The van der Waals surface area contributed by atoms with Crippen LogP contribution < -0.4 is 5.32 Å². The molecule has 1 N–H and O–H groups in total. The molecule has 0 aromatic heterocycles. The van der Waals surface area contributed by atoms with Crippen LogP contribution in [0.5, 0.6) is 0 Å². The Kier molecular flexibility index (Phi) is 6.14. The van der Waals surface area contributed by atoms with Gasteiger partial charge >= 0.3 is 0 Å². The minimum Gasteiger partial charge on any atom is -0.375 e. The van der Waals surface area contributed by atoms with E-state index in [1.165, 1.54) is 57.8 Å². The van der Waals surface area contributed by atoms with E-state index in [0.29, 0.717) is 11.5 Å². The summed E-state index contributed by atoms with van der Waals surface area (Å²) in [7, 11) is 0. The van der Waals surface area contributed by atoms with Crippen LogP contribution in [0.1, 0.15) is 85.5 Å². The summed E-state index contributed by atoms with van der Waals surface area (Å²) < 4.78 is 6.24. The van der Waals surface area contributed by atoms with Gasteiger partial charge in [0.05, 0.1) is 5.60 Å². The van der Waals surface area contributed by atoms with E-state index >= 15 is 0 Å². The van der Waals surface area contributed by atoms with Crippen molar-refractivity contribution >= 4 is 0 Å².